The largest absolute Gasteiger partial charge is 0.508 e. The fourth-order valence-electron chi connectivity index (χ4n) is 6.17. The van der Waals surface area contributed by atoms with Gasteiger partial charge >= 0.3 is 12.3 Å². The third kappa shape index (κ3) is 32.9. The minimum absolute atomic E-state index is 0.0190. The number of amides is 1. The second-order valence-electron chi connectivity index (χ2n) is 14.7. The van der Waals surface area contributed by atoms with Gasteiger partial charge in [0.2, 0.25) is 0 Å². The Morgan fingerprint density at radius 2 is 0.827 bits per heavy atom. The third-order valence-electron chi connectivity index (χ3n) is 9.44. The summed E-state index contributed by atoms with van der Waals surface area (Å²) in [5.41, 5.74) is 0. The highest BCUT2D eigenvalue weighted by Gasteiger charge is 2.20. The van der Waals surface area contributed by atoms with Crippen molar-refractivity contribution in [3.05, 3.63) is 0 Å². The van der Waals surface area contributed by atoms with E-state index in [4.69, 9.17) is 18.9 Å². The van der Waals surface area contributed by atoms with E-state index in [1.807, 2.05) is 14.1 Å². The minimum atomic E-state index is -0.673. The molecule has 0 heterocycles. The van der Waals surface area contributed by atoms with Gasteiger partial charge in [0.05, 0.1) is 13.1 Å². The smallest absolute Gasteiger partial charge is 0.432 e. The van der Waals surface area contributed by atoms with Gasteiger partial charge < -0.3 is 28.7 Å². The topological polar surface area (TPSA) is 94.6 Å². The van der Waals surface area contributed by atoms with Crippen LogP contribution in [-0.4, -0.2) is 92.3 Å². The van der Waals surface area contributed by atoms with Crippen LogP contribution >= 0.6 is 11.8 Å². The number of rotatable bonds is 36. The molecule has 10 heteroatoms. The SMILES string of the molecule is CCCCCCCC(CCCCCCC)OC(=O)OCCN(CCOC(=O)OC(CCCCCCC)CCCCCCC)C(=O)SCCCN(C)C. The second-order valence-corrected chi connectivity index (χ2v) is 15.8. The van der Waals surface area contributed by atoms with Crippen LogP contribution in [0.5, 0.6) is 0 Å². The van der Waals surface area contributed by atoms with Crippen molar-refractivity contribution in [3.8, 4) is 0 Å². The fraction of sp³-hybridized carbons (Fsp3) is 0.929. The van der Waals surface area contributed by atoms with Gasteiger partial charge in [0.15, 0.2) is 0 Å². The molecule has 0 atom stereocenters. The van der Waals surface area contributed by atoms with Crippen molar-refractivity contribution < 1.29 is 33.3 Å². The monoisotopic (exact) mass is 759 g/mol. The summed E-state index contributed by atoms with van der Waals surface area (Å²) in [6.45, 7) is 10.2. The summed E-state index contributed by atoms with van der Waals surface area (Å²) in [7, 11) is 4.03. The van der Waals surface area contributed by atoms with Gasteiger partial charge in [0, 0.05) is 5.75 Å². The first-order valence-electron chi connectivity index (χ1n) is 21.5. The molecular formula is C42H82N2O7S. The molecule has 0 rings (SSSR count). The molecule has 0 saturated carbocycles. The lowest BCUT2D eigenvalue weighted by molar-refractivity contribution is 0.00859. The van der Waals surface area contributed by atoms with E-state index in [0.29, 0.717) is 5.75 Å². The van der Waals surface area contributed by atoms with Crippen molar-refractivity contribution >= 4 is 29.3 Å². The van der Waals surface area contributed by atoms with E-state index in [1.54, 1.807) is 4.90 Å². The maximum absolute atomic E-state index is 13.2. The van der Waals surface area contributed by atoms with Gasteiger partial charge in [-0.25, -0.2) is 9.59 Å². The lowest BCUT2D eigenvalue weighted by atomic mass is 10.0. The van der Waals surface area contributed by atoms with Crippen molar-refractivity contribution in [3.63, 3.8) is 0 Å². The average molecular weight is 759 g/mol. The van der Waals surface area contributed by atoms with E-state index < -0.39 is 12.3 Å². The van der Waals surface area contributed by atoms with E-state index in [9.17, 15) is 14.4 Å². The second kappa shape index (κ2) is 37.6. The van der Waals surface area contributed by atoms with Crippen LogP contribution in [0.15, 0.2) is 0 Å². The first-order chi connectivity index (χ1) is 25.3. The molecule has 52 heavy (non-hydrogen) atoms. The van der Waals surface area contributed by atoms with Crippen LogP contribution in [0.1, 0.15) is 188 Å². The Bertz CT molecular complexity index is 752. The lowest BCUT2D eigenvalue weighted by Gasteiger charge is -2.23. The van der Waals surface area contributed by atoms with Crippen LogP contribution in [0.3, 0.4) is 0 Å². The Morgan fingerprint density at radius 3 is 1.15 bits per heavy atom. The quantitative estimate of drug-likeness (QED) is 0.0457. The van der Waals surface area contributed by atoms with Crippen molar-refractivity contribution in [2.24, 2.45) is 0 Å². The molecule has 0 spiro atoms. The summed E-state index contributed by atoms with van der Waals surface area (Å²) < 4.78 is 22.6. The molecule has 0 unspecified atom stereocenters. The van der Waals surface area contributed by atoms with E-state index in [2.05, 4.69) is 32.6 Å². The standard InChI is InChI=1S/C42H82N2O7S/c1-7-11-15-19-23-28-38(29-24-20-16-12-8-2)50-41(46)48-35-33-44(40(45)52-37-27-32-43(5)6)34-36-49-42(47)51-39(30-25-21-17-13-9-3)31-26-22-18-14-10-4/h38-39H,7-37H2,1-6H3. The van der Waals surface area contributed by atoms with E-state index >= 15 is 0 Å². The van der Waals surface area contributed by atoms with Crippen molar-refractivity contribution in [1.82, 2.24) is 9.80 Å². The molecule has 0 aliphatic carbocycles. The highest BCUT2D eigenvalue weighted by atomic mass is 32.2. The predicted molar refractivity (Wildman–Crippen MR) is 219 cm³/mol. The molecule has 9 nitrogen and oxygen atoms in total. The Balaban J connectivity index is 5.08. The zero-order chi connectivity index (χ0) is 38.5. The number of unbranched alkanes of at least 4 members (excludes halogenated alkanes) is 16. The maximum Gasteiger partial charge on any atom is 0.508 e. The summed E-state index contributed by atoms with van der Waals surface area (Å²) in [4.78, 5) is 42.4. The molecule has 0 saturated heterocycles. The zero-order valence-corrected chi connectivity index (χ0v) is 35.6. The van der Waals surface area contributed by atoms with Gasteiger partial charge in [-0.1, -0.05) is 142 Å². The summed E-state index contributed by atoms with van der Waals surface area (Å²) in [6.07, 6.45) is 26.0. The van der Waals surface area contributed by atoms with Crippen LogP contribution in [0.2, 0.25) is 0 Å². The molecule has 1 amide bonds. The molecule has 0 aliphatic rings. The van der Waals surface area contributed by atoms with Gasteiger partial charge in [-0.15, -0.1) is 0 Å². The average Bonchev–Trinajstić information content (AvgIpc) is 3.11. The molecular weight excluding hydrogens is 677 g/mol. The van der Waals surface area contributed by atoms with Crippen LogP contribution in [0, 0.1) is 0 Å². The number of nitrogens with zero attached hydrogens (tertiary/aromatic N) is 2. The zero-order valence-electron chi connectivity index (χ0n) is 34.7. The molecule has 0 aromatic heterocycles. The molecule has 308 valence electrons. The van der Waals surface area contributed by atoms with E-state index in [-0.39, 0.29) is 43.8 Å². The first kappa shape index (κ1) is 50.3. The number of carbonyl (C=O) groups is 3. The number of hydrogen-bond donors (Lipinski definition) is 0. The molecule has 0 radical (unpaired) electrons. The normalized spacial score (nSPS) is 11.4. The van der Waals surface area contributed by atoms with Gasteiger partial charge in [-0.05, 0) is 78.4 Å². The Kier molecular flexibility index (Phi) is 36.4. The summed E-state index contributed by atoms with van der Waals surface area (Å²) in [5, 5.41) is -0.123. The third-order valence-corrected chi connectivity index (χ3v) is 10.4. The van der Waals surface area contributed by atoms with Crippen LogP contribution in [0.25, 0.3) is 0 Å². The molecule has 0 N–H and O–H groups in total. The number of hydrogen-bond acceptors (Lipinski definition) is 9. The summed E-state index contributed by atoms with van der Waals surface area (Å²) in [5.74, 6) is 0.676. The van der Waals surface area contributed by atoms with E-state index in [0.717, 1.165) is 90.0 Å². The van der Waals surface area contributed by atoms with Gasteiger partial charge in [0.1, 0.15) is 25.4 Å². The molecule has 0 fully saturated rings. The highest BCUT2D eigenvalue weighted by molar-refractivity contribution is 8.13. The first-order valence-corrected chi connectivity index (χ1v) is 22.5. The van der Waals surface area contributed by atoms with Gasteiger partial charge in [-0.3, -0.25) is 4.79 Å². The van der Waals surface area contributed by atoms with Crippen molar-refractivity contribution in [2.45, 2.75) is 200 Å². The molecule has 0 bridgehead atoms. The molecule has 0 aromatic carbocycles. The Labute approximate surface area is 324 Å². The van der Waals surface area contributed by atoms with Crippen molar-refractivity contribution in [1.29, 1.82) is 0 Å². The van der Waals surface area contributed by atoms with Crippen LogP contribution < -0.4 is 0 Å². The Hall–Kier alpha value is -1.68. The maximum atomic E-state index is 13.2. The minimum Gasteiger partial charge on any atom is -0.432 e. The van der Waals surface area contributed by atoms with Crippen LogP contribution in [0.4, 0.5) is 14.4 Å². The predicted octanol–water partition coefficient (Wildman–Crippen LogP) is 12.6. The fourth-order valence-corrected chi connectivity index (χ4v) is 6.98. The van der Waals surface area contributed by atoms with Gasteiger partial charge in [-0.2, -0.15) is 0 Å². The lowest BCUT2D eigenvalue weighted by Crippen LogP contribution is -2.35. The van der Waals surface area contributed by atoms with Crippen LogP contribution in [-0.2, 0) is 18.9 Å². The van der Waals surface area contributed by atoms with Crippen molar-refractivity contribution in [2.75, 3.05) is 52.7 Å². The van der Waals surface area contributed by atoms with E-state index in [1.165, 1.54) is 88.8 Å². The molecule has 0 aromatic rings. The highest BCUT2D eigenvalue weighted by Crippen LogP contribution is 2.19. The molecule has 0 aliphatic heterocycles. The van der Waals surface area contributed by atoms with Gasteiger partial charge in [0.25, 0.3) is 5.24 Å². The Morgan fingerprint density at radius 1 is 0.481 bits per heavy atom. The number of carbonyl (C=O) groups excluding carboxylic acids is 3. The summed E-state index contributed by atoms with van der Waals surface area (Å²) >= 11 is 1.24. The summed E-state index contributed by atoms with van der Waals surface area (Å²) in [6, 6.07) is 0. The number of thioether (sulfide) groups is 1. The number of ether oxygens (including phenoxy) is 4.